The van der Waals surface area contributed by atoms with Gasteiger partial charge in [-0.05, 0) is 12.8 Å². The number of hydrogen-bond donors (Lipinski definition) is 0. The van der Waals surface area contributed by atoms with Gasteiger partial charge in [0.1, 0.15) is 12.0 Å². The van der Waals surface area contributed by atoms with E-state index < -0.39 is 17.5 Å². The molecule has 0 amide bonds. The first kappa shape index (κ1) is 24.6. The smallest absolute Gasteiger partial charge is 0.858 e. The molecule has 0 fully saturated rings. The predicted octanol–water partition coefficient (Wildman–Crippen LogP) is -9.37. The van der Waals surface area contributed by atoms with Crippen molar-refractivity contribution >= 4 is 5.97 Å². The largest absolute Gasteiger partial charge is 1.00 e. The summed E-state index contributed by atoms with van der Waals surface area (Å²) in [6.07, 6.45) is 1.27. The third-order valence-electron chi connectivity index (χ3n) is 1.98. The number of hydrogen-bond acceptors (Lipinski definition) is 6. The third-order valence-corrected chi connectivity index (χ3v) is 1.98. The number of aliphatic carboxylic acids is 1. The van der Waals surface area contributed by atoms with E-state index >= 15 is 0 Å². The number of carbonyl (C=O) groups is 1. The van der Waals surface area contributed by atoms with Gasteiger partial charge in [-0.25, -0.2) is 14.8 Å². The maximum Gasteiger partial charge on any atom is 1.00 e. The molecule has 11 heteroatoms. The molecule has 0 spiro atoms. The summed E-state index contributed by atoms with van der Waals surface area (Å²) in [5.74, 6) is -1.16. The van der Waals surface area contributed by atoms with Crippen molar-refractivity contribution in [1.82, 2.24) is 19.1 Å². The number of nitrogens with zero attached hydrogens (tertiary/aromatic N) is 4. The summed E-state index contributed by atoms with van der Waals surface area (Å²) in [6.45, 7) is 0.972. The minimum absolute atomic E-state index is 0. The fourth-order valence-corrected chi connectivity index (χ4v) is 1.22. The van der Waals surface area contributed by atoms with Gasteiger partial charge in [0.15, 0.2) is 5.82 Å². The number of rotatable bonds is 0. The molecule has 0 saturated heterocycles. The summed E-state index contributed by atoms with van der Waals surface area (Å²) in [5.41, 5.74) is -0.164. The Kier molecular flexibility index (Phi) is 12.7. The maximum absolute atomic E-state index is 11.4. The van der Waals surface area contributed by atoms with Gasteiger partial charge in [-0.2, -0.15) is 0 Å². The Morgan fingerprint density at radius 2 is 1.65 bits per heavy atom. The molecule has 0 bridgehead atoms. The van der Waals surface area contributed by atoms with Crippen LogP contribution in [0.2, 0.25) is 0 Å². The van der Waals surface area contributed by atoms with Crippen molar-refractivity contribution in [2.24, 2.45) is 14.1 Å². The topological polar surface area (TPSA) is 147 Å². The molecular formula is C9H12N4Na2O5. The van der Waals surface area contributed by atoms with E-state index in [9.17, 15) is 9.90 Å². The molecule has 0 aromatic rings. The van der Waals surface area contributed by atoms with Gasteiger partial charge in [0.05, 0.1) is 0 Å². The van der Waals surface area contributed by atoms with Crippen LogP contribution in [0, 0.1) is 0 Å². The average Bonchev–Trinajstić information content (AvgIpc) is 2.71. The molecular weight excluding hydrogens is 290 g/mol. The number of carboxylic acids is 1. The van der Waals surface area contributed by atoms with E-state index in [1.54, 1.807) is 7.05 Å². The minimum Gasteiger partial charge on any atom is -0.858 e. The molecule has 2 N–H and O–H groups in total. The zero-order valence-electron chi connectivity index (χ0n) is 12.0. The molecule has 0 radical (unpaired) electrons. The second kappa shape index (κ2) is 10.3. The predicted molar refractivity (Wildman–Crippen MR) is 56.6 cm³/mol. The SMILES string of the molecule is CC(=O)[O-].Cn1c2ncnc-2c([O-])n(C)c1=O.O.[Na+].[Na+]. The zero-order valence-corrected chi connectivity index (χ0v) is 16.0. The van der Waals surface area contributed by atoms with Crippen molar-refractivity contribution in [3.05, 3.63) is 16.8 Å². The first-order valence-electron chi connectivity index (χ1n) is 4.57. The van der Waals surface area contributed by atoms with Gasteiger partial charge in [-0.15, -0.1) is 0 Å². The summed E-state index contributed by atoms with van der Waals surface area (Å²) in [5, 5.41) is 20.3. The quantitative estimate of drug-likeness (QED) is 0.441. The summed E-state index contributed by atoms with van der Waals surface area (Å²) in [4.78, 5) is 27.8. The molecule has 0 saturated carbocycles. The molecule has 20 heavy (non-hydrogen) atoms. The summed E-state index contributed by atoms with van der Waals surface area (Å²) in [6, 6.07) is 0. The van der Waals surface area contributed by atoms with Crippen LogP contribution in [-0.2, 0) is 18.9 Å². The van der Waals surface area contributed by atoms with Gasteiger partial charge in [0, 0.05) is 20.1 Å². The molecule has 100 valence electrons. The normalized spacial score (nSPS) is 8.35. The van der Waals surface area contributed by atoms with Gasteiger partial charge < -0.3 is 25.1 Å². The molecule has 0 atom stereocenters. The van der Waals surface area contributed by atoms with Crippen molar-refractivity contribution in [3.63, 3.8) is 0 Å². The van der Waals surface area contributed by atoms with E-state index in [1.165, 1.54) is 17.9 Å². The number of carboxylic acid groups (broad SMARTS) is 1. The standard InChI is InChI=1S/C7H8N4O2.C2H4O2.2Na.H2O/c1-10-5-4(8-3-9-5)6(12)11(2)7(10)13;1-2(3)4;;;/h3,12H,1-2H3;1H3,(H,3,4);;;1H2/q;;2*+1;/p-2. The fourth-order valence-electron chi connectivity index (χ4n) is 1.22. The van der Waals surface area contributed by atoms with Gasteiger partial charge in [-0.3, -0.25) is 4.57 Å². The van der Waals surface area contributed by atoms with Crippen molar-refractivity contribution in [3.8, 4) is 17.4 Å². The molecule has 2 aliphatic heterocycles. The molecule has 0 aliphatic carbocycles. The van der Waals surface area contributed by atoms with E-state index in [2.05, 4.69) is 9.97 Å². The van der Waals surface area contributed by atoms with E-state index in [1.807, 2.05) is 0 Å². The zero-order chi connectivity index (χ0) is 13.2. The van der Waals surface area contributed by atoms with Crippen LogP contribution in [0.4, 0.5) is 0 Å². The second-order valence-corrected chi connectivity index (χ2v) is 3.24. The number of imidazole rings is 1. The van der Waals surface area contributed by atoms with E-state index in [-0.39, 0.29) is 70.3 Å². The number of fused-ring (bicyclic) bond motifs is 1. The molecule has 2 heterocycles. The number of aromatic nitrogens is 4. The van der Waals surface area contributed by atoms with Crippen LogP contribution in [0.5, 0.6) is 5.88 Å². The van der Waals surface area contributed by atoms with Crippen LogP contribution >= 0.6 is 0 Å². The first-order valence-corrected chi connectivity index (χ1v) is 4.57. The van der Waals surface area contributed by atoms with Crippen LogP contribution < -0.4 is 75.0 Å². The van der Waals surface area contributed by atoms with Crippen molar-refractivity contribution in [1.29, 1.82) is 0 Å². The van der Waals surface area contributed by atoms with Crippen molar-refractivity contribution in [2.75, 3.05) is 0 Å². The second-order valence-electron chi connectivity index (χ2n) is 3.24. The molecule has 0 unspecified atom stereocenters. The summed E-state index contributed by atoms with van der Waals surface area (Å²) < 4.78 is 2.31. The van der Waals surface area contributed by atoms with Crippen molar-refractivity contribution < 1.29 is 79.6 Å². The number of carbonyl (C=O) groups excluding carboxylic acids is 1. The minimum atomic E-state index is -1.08. The van der Waals surface area contributed by atoms with Crippen LogP contribution in [0.15, 0.2) is 11.1 Å². The summed E-state index contributed by atoms with van der Waals surface area (Å²) >= 11 is 0. The fraction of sp³-hybridized carbons (Fsp3) is 0.333. The Morgan fingerprint density at radius 3 is 2.10 bits per heavy atom. The Bertz CT molecular complexity index is 579. The third kappa shape index (κ3) is 5.52. The van der Waals surface area contributed by atoms with Gasteiger partial charge >= 0.3 is 64.8 Å². The molecule has 0 aromatic heterocycles. The van der Waals surface area contributed by atoms with Crippen molar-refractivity contribution in [2.45, 2.75) is 6.92 Å². The van der Waals surface area contributed by atoms with Gasteiger partial charge in [0.25, 0.3) is 0 Å². The Balaban J connectivity index is -0.000000372. The van der Waals surface area contributed by atoms with Gasteiger partial charge in [0.2, 0.25) is 0 Å². The van der Waals surface area contributed by atoms with Crippen LogP contribution in [0.1, 0.15) is 6.92 Å². The molecule has 2 aliphatic rings. The molecule has 9 nitrogen and oxygen atoms in total. The monoisotopic (exact) mass is 302 g/mol. The van der Waals surface area contributed by atoms with E-state index in [4.69, 9.17) is 9.90 Å². The van der Waals surface area contributed by atoms with E-state index in [0.717, 1.165) is 11.5 Å². The Hall–Kier alpha value is -0.420. The van der Waals surface area contributed by atoms with Crippen LogP contribution in [0.25, 0.3) is 11.5 Å². The summed E-state index contributed by atoms with van der Waals surface area (Å²) in [7, 11) is 2.97. The maximum atomic E-state index is 11.4. The van der Waals surface area contributed by atoms with Gasteiger partial charge in [-0.1, -0.05) is 0 Å². The van der Waals surface area contributed by atoms with Crippen LogP contribution in [0.3, 0.4) is 0 Å². The molecule has 0 aromatic carbocycles. The molecule has 2 rings (SSSR count). The Morgan fingerprint density at radius 1 is 1.20 bits per heavy atom. The Labute approximate surface area is 158 Å². The van der Waals surface area contributed by atoms with Crippen LogP contribution in [-0.4, -0.2) is 30.5 Å². The van der Waals surface area contributed by atoms with E-state index in [0.29, 0.717) is 5.82 Å². The first-order chi connectivity index (χ1) is 7.86. The average molecular weight is 302 g/mol.